The molecule has 3 rings (SSSR count). The van der Waals surface area contributed by atoms with Crippen LogP contribution in [0.5, 0.6) is 0 Å². The summed E-state index contributed by atoms with van der Waals surface area (Å²) in [4.78, 5) is 3.54. The maximum absolute atomic E-state index is 7.97. The van der Waals surface area contributed by atoms with Gasteiger partial charge in [-0.2, -0.15) is 0 Å². The van der Waals surface area contributed by atoms with Crippen LogP contribution < -0.4 is 0 Å². The standard InChI is InChI=1S/C14H15NS/c1-2-4-12(5-3-1)10-15-8-6-14-13(11-15)7-9-16-14/h1-5,7,9H,6,8,10-11H2/i1D,2D,3D,4D,5D. The van der Waals surface area contributed by atoms with E-state index in [4.69, 9.17) is 6.85 Å². The predicted octanol–water partition coefficient (Wildman–Crippen LogP) is 3.31. The van der Waals surface area contributed by atoms with Crippen molar-refractivity contribution in [2.24, 2.45) is 0 Å². The van der Waals surface area contributed by atoms with E-state index in [2.05, 4.69) is 16.3 Å². The van der Waals surface area contributed by atoms with Crippen molar-refractivity contribution in [1.82, 2.24) is 4.90 Å². The molecule has 82 valence electrons. The normalized spacial score (nSPS) is 20.4. The van der Waals surface area contributed by atoms with Gasteiger partial charge in [0.15, 0.2) is 0 Å². The predicted molar refractivity (Wildman–Crippen MR) is 68.6 cm³/mol. The molecule has 1 aromatic heterocycles. The van der Waals surface area contributed by atoms with E-state index in [0.29, 0.717) is 12.1 Å². The molecule has 0 radical (unpaired) electrons. The molecule has 2 heteroatoms. The molecule has 1 aromatic carbocycles. The van der Waals surface area contributed by atoms with Gasteiger partial charge >= 0.3 is 0 Å². The highest BCUT2D eigenvalue weighted by molar-refractivity contribution is 7.10. The summed E-state index contributed by atoms with van der Waals surface area (Å²) >= 11 is 1.76. The lowest BCUT2D eigenvalue weighted by molar-refractivity contribution is 0.247. The molecule has 2 aromatic rings. The Hall–Kier alpha value is -1.12. The first-order chi connectivity index (χ1) is 9.99. The van der Waals surface area contributed by atoms with Crippen molar-refractivity contribution in [3.63, 3.8) is 0 Å². The molecule has 0 bridgehead atoms. The van der Waals surface area contributed by atoms with Crippen LogP contribution in [0.25, 0.3) is 0 Å². The highest BCUT2D eigenvalue weighted by Gasteiger charge is 2.16. The van der Waals surface area contributed by atoms with Crippen LogP contribution in [0.1, 0.15) is 22.9 Å². The summed E-state index contributed by atoms with van der Waals surface area (Å²) < 4.78 is 39.0. The third kappa shape index (κ3) is 2.04. The smallest absolute Gasteiger partial charge is 0.0626 e. The Bertz CT molecular complexity index is 668. The number of hydrogen-bond donors (Lipinski definition) is 0. The average molecular weight is 234 g/mol. The molecule has 0 saturated carbocycles. The summed E-state index contributed by atoms with van der Waals surface area (Å²) in [6.45, 7) is 2.03. The molecule has 0 unspecified atom stereocenters. The third-order valence-electron chi connectivity index (χ3n) is 2.82. The summed E-state index contributed by atoms with van der Waals surface area (Å²) in [5.41, 5.74) is 1.68. The largest absolute Gasteiger partial charge is 0.294 e. The molecule has 0 spiro atoms. The number of benzene rings is 1. The van der Waals surface area contributed by atoms with Crippen molar-refractivity contribution >= 4 is 11.3 Å². The molecule has 16 heavy (non-hydrogen) atoms. The van der Waals surface area contributed by atoms with E-state index in [1.807, 2.05) is 0 Å². The zero-order valence-corrected chi connectivity index (χ0v) is 9.66. The monoisotopic (exact) mass is 234 g/mol. The number of fused-ring (bicyclic) bond motifs is 1. The zero-order chi connectivity index (χ0) is 15.1. The Labute approximate surface area is 107 Å². The second-order valence-electron chi connectivity index (χ2n) is 3.93. The first kappa shape index (κ1) is 5.99. The summed E-state index contributed by atoms with van der Waals surface area (Å²) in [5, 5.41) is 2.08. The van der Waals surface area contributed by atoms with Gasteiger partial charge in [-0.25, -0.2) is 0 Å². The minimum absolute atomic E-state index is 0.0860. The van der Waals surface area contributed by atoms with E-state index in [1.165, 1.54) is 10.4 Å². The van der Waals surface area contributed by atoms with E-state index < -0.39 is 0 Å². The minimum atomic E-state index is -0.326. The van der Waals surface area contributed by atoms with Gasteiger partial charge in [-0.15, -0.1) is 11.3 Å². The molecule has 2 heterocycles. The molecule has 1 aliphatic rings. The van der Waals surface area contributed by atoms with Crippen molar-refractivity contribution < 1.29 is 6.85 Å². The topological polar surface area (TPSA) is 3.24 Å². The van der Waals surface area contributed by atoms with Gasteiger partial charge in [0.1, 0.15) is 0 Å². The first-order valence-electron chi connectivity index (χ1n) is 7.82. The van der Waals surface area contributed by atoms with E-state index in [0.717, 1.165) is 19.5 Å². The fourth-order valence-electron chi connectivity index (χ4n) is 2.02. The van der Waals surface area contributed by atoms with Crippen LogP contribution in [-0.2, 0) is 19.5 Å². The minimum Gasteiger partial charge on any atom is -0.294 e. The van der Waals surface area contributed by atoms with Gasteiger partial charge in [-0.1, -0.05) is 30.2 Å². The lowest BCUT2D eigenvalue weighted by Gasteiger charge is -2.26. The molecule has 0 aliphatic carbocycles. The van der Waals surface area contributed by atoms with Crippen LogP contribution in [0.2, 0.25) is 0 Å². The molecule has 0 fully saturated rings. The van der Waals surface area contributed by atoms with E-state index in [-0.39, 0.29) is 30.2 Å². The first-order valence-corrected chi connectivity index (χ1v) is 6.20. The van der Waals surface area contributed by atoms with Gasteiger partial charge in [-0.05, 0) is 29.0 Å². The van der Waals surface area contributed by atoms with Gasteiger partial charge < -0.3 is 0 Å². The third-order valence-corrected chi connectivity index (χ3v) is 3.84. The van der Waals surface area contributed by atoms with Crippen LogP contribution >= 0.6 is 11.3 Å². The van der Waals surface area contributed by atoms with Crippen molar-refractivity contribution in [3.8, 4) is 0 Å². The molecule has 1 aliphatic heterocycles. The van der Waals surface area contributed by atoms with E-state index in [9.17, 15) is 0 Å². The van der Waals surface area contributed by atoms with Crippen molar-refractivity contribution in [2.75, 3.05) is 6.54 Å². The second-order valence-corrected chi connectivity index (χ2v) is 4.93. The Morgan fingerprint density at radius 1 is 1.31 bits per heavy atom. The Kier molecular flexibility index (Phi) is 1.65. The number of nitrogens with zero attached hydrogens (tertiary/aromatic N) is 1. The Morgan fingerprint density at radius 3 is 3.06 bits per heavy atom. The number of thiophene rings is 1. The quantitative estimate of drug-likeness (QED) is 0.770. The van der Waals surface area contributed by atoms with Crippen LogP contribution in [0.4, 0.5) is 0 Å². The lowest BCUT2D eigenvalue weighted by atomic mass is 10.1. The van der Waals surface area contributed by atoms with Crippen LogP contribution in [-0.4, -0.2) is 11.4 Å². The summed E-state index contributed by atoms with van der Waals surface area (Å²) in [5.74, 6) is 0. The molecule has 0 N–H and O–H groups in total. The van der Waals surface area contributed by atoms with Crippen molar-refractivity contribution in [1.29, 1.82) is 0 Å². The van der Waals surface area contributed by atoms with Crippen molar-refractivity contribution in [3.05, 3.63) is 57.7 Å². The summed E-state index contributed by atoms with van der Waals surface area (Å²) in [6, 6.07) is 1.11. The Morgan fingerprint density at radius 2 is 2.19 bits per heavy atom. The highest BCUT2D eigenvalue weighted by Crippen LogP contribution is 2.24. The molecule has 0 amide bonds. The molecular weight excluding hydrogens is 214 g/mol. The number of rotatable bonds is 2. The lowest BCUT2D eigenvalue weighted by Crippen LogP contribution is -2.29. The van der Waals surface area contributed by atoms with E-state index >= 15 is 0 Å². The van der Waals surface area contributed by atoms with Crippen LogP contribution in [0.15, 0.2) is 41.7 Å². The van der Waals surface area contributed by atoms with Gasteiger partial charge in [0.05, 0.1) is 6.85 Å². The highest BCUT2D eigenvalue weighted by atomic mass is 32.1. The SMILES string of the molecule is [2H]c1c([2H])c([2H])c(CN2CCc3sccc3C2)c([2H])c1[2H]. The van der Waals surface area contributed by atoms with Gasteiger partial charge in [0, 0.05) is 24.5 Å². The molecule has 0 saturated heterocycles. The van der Waals surface area contributed by atoms with Gasteiger partial charge in [0.2, 0.25) is 0 Å². The van der Waals surface area contributed by atoms with Crippen LogP contribution in [0.3, 0.4) is 0 Å². The maximum atomic E-state index is 7.97. The zero-order valence-electron chi connectivity index (χ0n) is 13.8. The average Bonchev–Trinajstić information content (AvgIpc) is 2.95. The Balaban J connectivity index is 1.90. The van der Waals surface area contributed by atoms with Crippen LogP contribution in [0, 0.1) is 0 Å². The number of hydrogen-bond acceptors (Lipinski definition) is 2. The summed E-state index contributed by atoms with van der Waals surface area (Å²) in [6.07, 6.45) is 0.964. The fraction of sp³-hybridized carbons (Fsp3) is 0.286. The van der Waals surface area contributed by atoms with Crippen molar-refractivity contribution in [2.45, 2.75) is 19.5 Å². The van der Waals surface area contributed by atoms with Gasteiger partial charge in [0.25, 0.3) is 0 Å². The molecular formula is C14H15NS. The molecule has 0 atom stereocenters. The second kappa shape index (κ2) is 4.40. The summed E-state index contributed by atoms with van der Waals surface area (Å²) in [7, 11) is 0. The molecule has 1 nitrogen and oxygen atoms in total. The van der Waals surface area contributed by atoms with Gasteiger partial charge in [-0.3, -0.25) is 4.90 Å². The van der Waals surface area contributed by atoms with E-state index in [1.54, 1.807) is 11.3 Å². The fourth-order valence-corrected chi connectivity index (χ4v) is 2.91. The maximum Gasteiger partial charge on any atom is 0.0626 e.